The highest BCUT2D eigenvalue weighted by molar-refractivity contribution is 5.66. The SMILES string of the molecule is C=CC(C)O[C@@H]1O[C@H](COCc2ccccc2)[C@H](OC2O[C@H](COCc3ccccc3)[C@H](OC(C)=O)[C@H](OCc3ccccc3)[C@H]2OCc2ccccc2)[C@H](OCc2ccc(OC)cc2)[C@H]1OCc1ccccc1. The van der Waals surface area contributed by atoms with E-state index in [0.717, 1.165) is 33.4 Å². The van der Waals surface area contributed by atoms with Crippen molar-refractivity contribution in [2.24, 2.45) is 0 Å². The smallest absolute Gasteiger partial charge is 0.303 e. The highest BCUT2D eigenvalue weighted by Gasteiger charge is 2.55. The second-order valence-electron chi connectivity index (χ2n) is 18.2. The Morgan fingerprint density at radius 2 is 0.851 bits per heavy atom. The molecule has 0 bridgehead atoms. The van der Waals surface area contributed by atoms with Crippen LogP contribution in [0.4, 0.5) is 0 Å². The molecule has 2 aliphatic rings. The lowest BCUT2D eigenvalue weighted by Crippen LogP contribution is -2.66. The molecule has 13 nitrogen and oxygen atoms in total. The zero-order valence-corrected chi connectivity index (χ0v) is 42.3. The largest absolute Gasteiger partial charge is 0.497 e. The van der Waals surface area contributed by atoms with Crippen LogP contribution < -0.4 is 4.74 Å². The number of carbonyl (C=O) groups is 1. The van der Waals surface area contributed by atoms with Gasteiger partial charge in [0, 0.05) is 6.92 Å². The number of benzene rings is 6. The lowest BCUT2D eigenvalue weighted by Gasteiger charge is -2.50. The average Bonchev–Trinajstić information content (AvgIpc) is 3.44. The molecule has 13 heteroatoms. The van der Waals surface area contributed by atoms with Gasteiger partial charge in [-0.2, -0.15) is 0 Å². The van der Waals surface area contributed by atoms with Crippen molar-refractivity contribution in [1.82, 2.24) is 0 Å². The summed E-state index contributed by atoms with van der Waals surface area (Å²) in [6.45, 7) is 8.52. The van der Waals surface area contributed by atoms with Crippen LogP contribution in [-0.4, -0.2) is 93.8 Å². The summed E-state index contributed by atoms with van der Waals surface area (Å²) < 4.78 is 80.6. The second kappa shape index (κ2) is 28.6. The minimum atomic E-state index is -1.21. The molecule has 8 rings (SSSR count). The molecule has 74 heavy (non-hydrogen) atoms. The average molecular weight is 1010 g/mol. The van der Waals surface area contributed by atoms with Crippen LogP contribution in [0.15, 0.2) is 189 Å². The molecular weight excluding hydrogens is 941 g/mol. The summed E-state index contributed by atoms with van der Waals surface area (Å²) in [6.07, 6.45) is -8.42. The molecule has 0 aliphatic carbocycles. The van der Waals surface area contributed by atoms with Gasteiger partial charge in [0.1, 0.15) is 48.5 Å². The third-order valence-electron chi connectivity index (χ3n) is 12.7. The van der Waals surface area contributed by atoms with Crippen molar-refractivity contribution in [3.63, 3.8) is 0 Å². The van der Waals surface area contributed by atoms with Gasteiger partial charge >= 0.3 is 5.97 Å². The van der Waals surface area contributed by atoms with E-state index in [1.54, 1.807) is 13.2 Å². The number of carbonyl (C=O) groups excluding carboxylic acids is 1. The number of methoxy groups -OCH3 is 1. The second-order valence-corrected chi connectivity index (χ2v) is 18.2. The Kier molecular flexibility index (Phi) is 20.9. The van der Waals surface area contributed by atoms with Crippen LogP contribution in [0.1, 0.15) is 47.2 Å². The summed E-state index contributed by atoms with van der Waals surface area (Å²) >= 11 is 0. The van der Waals surface area contributed by atoms with Crippen LogP contribution in [0.5, 0.6) is 5.75 Å². The molecule has 2 fully saturated rings. The fourth-order valence-corrected chi connectivity index (χ4v) is 8.84. The van der Waals surface area contributed by atoms with E-state index >= 15 is 0 Å². The van der Waals surface area contributed by atoms with Crippen molar-refractivity contribution in [1.29, 1.82) is 0 Å². The maximum atomic E-state index is 13.2. The van der Waals surface area contributed by atoms with Crippen LogP contribution >= 0.6 is 0 Å². The van der Waals surface area contributed by atoms with E-state index in [-0.39, 0.29) is 52.9 Å². The highest BCUT2D eigenvalue weighted by atomic mass is 16.8. The first kappa shape index (κ1) is 54.2. The minimum absolute atomic E-state index is 0.00362. The first-order valence-electron chi connectivity index (χ1n) is 25.2. The molecule has 0 N–H and O–H groups in total. The number of hydrogen-bond acceptors (Lipinski definition) is 13. The Morgan fingerprint density at radius 3 is 1.27 bits per heavy atom. The summed E-state index contributed by atoms with van der Waals surface area (Å²) in [5, 5.41) is 0. The third kappa shape index (κ3) is 16.0. The van der Waals surface area contributed by atoms with E-state index in [1.165, 1.54) is 6.92 Å². The minimum Gasteiger partial charge on any atom is -0.497 e. The number of hydrogen-bond donors (Lipinski definition) is 0. The fraction of sp³-hybridized carbons (Fsp3) is 0.361. The maximum Gasteiger partial charge on any atom is 0.303 e. The normalized spacial score (nSPS) is 24.1. The van der Waals surface area contributed by atoms with Crippen LogP contribution in [0.3, 0.4) is 0 Å². The van der Waals surface area contributed by atoms with Crippen molar-refractivity contribution in [3.8, 4) is 5.75 Å². The zero-order valence-electron chi connectivity index (χ0n) is 42.3. The molecule has 6 aromatic carbocycles. The molecule has 0 amide bonds. The van der Waals surface area contributed by atoms with E-state index in [4.69, 9.17) is 56.8 Å². The Bertz CT molecular complexity index is 2520. The number of rotatable bonds is 27. The monoisotopic (exact) mass is 1010 g/mol. The molecule has 2 unspecified atom stereocenters. The summed E-state index contributed by atoms with van der Waals surface area (Å²) in [6, 6.07) is 56.8. The first-order chi connectivity index (χ1) is 36.3. The molecule has 6 aromatic rings. The van der Waals surface area contributed by atoms with Crippen LogP contribution in [-0.2, 0) is 96.5 Å². The molecule has 0 saturated carbocycles. The lowest BCUT2D eigenvalue weighted by molar-refractivity contribution is -0.377. The van der Waals surface area contributed by atoms with E-state index in [9.17, 15) is 4.79 Å². The molecule has 2 aliphatic heterocycles. The number of ether oxygens (including phenoxy) is 12. The van der Waals surface area contributed by atoms with E-state index in [1.807, 2.05) is 183 Å². The standard InChI is InChI=1S/C61H68O13/c1-5-43(2)70-60-58(68-38-48-27-17-9-18-28-48)57(67-40-50-31-33-51(63-4)34-32-50)55(53(72-60)42-65-36-46-23-13-7-14-24-46)74-61-59(69-39-49-29-19-10-20-30-49)56(66-37-47-25-15-8-16-26-47)54(71-44(3)62)52(73-61)41-64-35-45-21-11-6-12-22-45/h5-34,43,52-61H,1,35-42H2,2-4H3/t43?,52-,53-,54+,55+,56+,57+,58-,59-,60-,61?/m1/s1. The summed E-state index contributed by atoms with van der Waals surface area (Å²) in [5.74, 6) is 0.185. The molecule has 2 saturated heterocycles. The van der Waals surface area contributed by atoms with Gasteiger partial charge in [0.15, 0.2) is 18.7 Å². The van der Waals surface area contributed by atoms with Gasteiger partial charge in [-0.15, -0.1) is 6.58 Å². The van der Waals surface area contributed by atoms with Gasteiger partial charge in [0.05, 0.1) is 66.1 Å². The molecule has 390 valence electrons. The zero-order chi connectivity index (χ0) is 51.3. The van der Waals surface area contributed by atoms with Gasteiger partial charge < -0.3 is 56.8 Å². The molecular formula is C61H68O13. The first-order valence-corrected chi connectivity index (χ1v) is 25.2. The van der Waals surface area contributed by atoms with Crippen LogP contribution in [0.2, 0.25) is 0 Å². The molecule has 0 spiro atoms. The summed E-state index contributed by atoms with van der Waals surface area (Å²) in [5.41, 5.74) is 5.53. The van der Waals surface area contributed by atoms with Gasteiger partial charge in [-0.3, -0.25) is 4.79 Å². The van der Waals surface area contributed by atoms with E-state index < -0.39 is 73.5 Å². The predicted octanol–water partition coefficient (Wildman–Crippen LogP) is 10.1. The summed E-state index contributed by atoms with van der Waals surface area (Å²) in [7, 11) is 1.63. The quantitative estimate of drug-likeness (QED) is 0.0359. The predicted molar refractivity (Wildman–Crippen MR) is 277 cm³/mol. The van der Waals surface area contributed by atoms with Crippen LogP contribution in [0.25, 0.3) is 0 Å². The Labute approximate surface area is 435 Å². The van der Waals surface area contributed by atoms with Gasteiger partial charge in [-0.1, -0.05) is 170 Å². The molecule has 0 aromatic heterocycles. The highest BCUT2D eigenvalue weighted by Crippen LogP contribution is 2.37. The Morgan fingerprint density at radius 1 is 0.486 bits per heavy atom. The third-order valence-corrected chi connectivity index (χ3v) is 12.7. The van der Waals surface area contributed by atoms with Crippen molar-refractivity contribution < 1.29 is 61.6 Å². The Balaban J connectivity index is 1.21. The van der Waals surface area contributed by atoms with Gasteiger partial charge in [-0.05, 0) is 52.4 Å². The topological polar surface area (TPSA) is 128 Å². The Hall–Kier alpha value is -6.07. The van der Waals surface area contributed by atoms with E-state index in [2.05, 4.69) is 6.58 Å². The molecule has 11 atom stereocenters. The summed E-state index contributed by atoms with van der Waals surface area (Å²) in [4.78, 5) is 13.2. The van der Waals surface area contributed by atoms with E-state index in [0.29, 0.717) is 5.75 Å². The lowest BCUT2D eigenvalue weighted by atomic mass is 9.95. The van der Waals surface area contributed by atoms with Gasteiger partial charge in [-0.25, -0.2) is 0 Å². The maximum absolute atomic E-state index is 13.2. The van der Waals surface area contributed by atoms with Crippen molar-refractivity contribution in [2.75, 3.05) is 20.3 Å². The van der Waals surface area contributed by atoms with Crippen LogP contribution in [0, 0.1) is 0 Å². The van der Waals surface area contributed by atoms with Crippen molar-refractivity contribution in [2.45, 2.75) is 121 Å². The van der Waals surface area contributed by atoms with Crippen molar-refractivity contribution in [3.05, 3.63) is 222 Å². The van der Waals surface area contributed by atoms with Crippen molar-refractivity contribution >= 4 is 5.97 Å². The molecule has 2 heterocycles. The van der Waals surface area contributed by atoms with Gasteiger partial charge in [0.25, 0.3) is 0 Å². The number of esters is 1. The molecule has 0 radical (unpaired) electrons. The fourth-order valence-electron chi connectivity index (χ4n) is 8.84. The van der Waals surface area contributed by atoms with Gasteiger partial charge in [0.2, 0.25) is 0 Å².